The summed E-state index contributed by atoms with van der Waals surface area (Å²) in [6, 6.07) is 3.75. The van der Waals surface area contributed by atoms with Crippen molar-refractivity contribution in [2.75, 3.05) is 0 Å². The summed E-state index contributed by atoms with van der Waals surface area (Å²) in [4.78, 5) is 11.2. The van der Waals surface area contributed by atoms with Crippen molar-refractivity contribution in [1.82, 2.24) is 14.6 Å². The van der Waals surface area contributed by atoms with E-state index < -0.39 is 0 Å². The second-order valence-corrected chi connectivity index (χ2v) is 2.75. The molecule has 0 fully saturated rings. The summed E-state index contributed by atoms with van der Waals surface area (Å²) >= 11 is 0. The van der Waals surface area contributed by atoms with Crippen molar-refractivity contribution >= 4 is 5.65 Å². The van der Waals surface area contributed by atoms with Gasteiger partial charge >= 0.3 is 5.69 Å². The Kier molecular flexibility index (Phi) is 1.73. The number of nitrogens with one attached hydrogen (secondary N) is 1. The number of pyridine rings is 1. The van der Waals surface area contributed by atoms with Crippen LogP contribution in [0.25, 0.3) is 5.65 Å². The van der Waals surface area contributed by atoms with Gasteiger partial charge in [0.05, 0.1) is 0 Å². The van der Waals surface area contributed by atoms with Crippen molar-refractivity contribution in [3.63, 3.8) is 0 Å². The lowest BCUT2D eigenvalue weighted by molar-refractivity contribution is 1.02. The minimum atomic E-state index is -0.207. The third-order valence-electron chi connectivity index (χ3n) is 1.89. The standard InChI is InChI=1S/C9H9N3O/c1-2-4-7-5-3-6-12-8(7)10-11-9(12)13/h2-3,5-6H,1,4H2,(H,11,13). The molecule has 0 aliphatic carbocycles. The number of fused-ring (bicyclic) bond motifs is 1. The number of hydrogen-bond acceptors (Lipinski definition) is 2. The molecule has 0 radical (unpaired) electrons. The van der Waals surface area contributed by atoms with E-state index in [0.717, 1.165) is 5.56 Å². The summed E-state index contributed by atoms with van der Waals surface area (Å²) < 4.78 is 1.48. The molecule has 2 rings (SSSR count). The molecule has 0 atom stereocenters. The van der Waals surface area contributed by atoms with E-state index >= 15 is 0 Å². The van der Waals surface area contributed by atoms with Crippen molar-refractivity contribution in [2.45, 2.75) is 6.42 Å². The minimum Gasteiger partial charge on any atom is -0.250 e. The topological polar surface area (TPSA) is 50.2 Å². The van der Waals surface area contributed by atoms with Gasteiger partial charge in [0, 0.05) is 11.8 Å². The molecule has 0 amide bonds. The monoisotopic (exact) mass is 175 g/mol. The van der Waals surface area contributed by atoms with E-state index in [-0.39, 0.29) is 5.69 Å². The highest BCUT2D eigenvalue weighted by atomic mass is 16.1. The van der Waals surface area contributed by atoms with Gasteiger partial charge in [0.15, 0.2) is 5.65 Å². The maximum atomic E-state index is 11.2. The van der Waals surface area contributed by atoms with Crippen LogP contribution in [0.3, 0.4) is 0 Å². The smallest absolute Gasteiger partial charge is 0.250 e. The average molecular weight is 175 g/mol. The molecule has 0 aliphatic rings. The lowest BCUT2D eigenvalue weighted by Gasteiger charge is -1.96. The van der Waals surface area contributed by atoms with E-state index in [1.165, 1.54) is 4.40 Å². The molecule has 13 heavy (non-hydrogen) atoms. The number of hydrogen-bond donors (Lipinski definition) is 1. The van der Waals surface area contributed by atoms with Crippen molar-refractivity contribution in [1.29, 1.82) is 0 Å². The summed E-state index contributed by atoms with van der Waals surface area (Å²) in [6.45, 7) is 3.64. The second kappa shape index (κ2) is 2.90. The Labute approximate surface area is 74.5 Å². The number of aromatic amines is 1. The van der Waals surface area contributed by atoms with Crippen LogP contribution in [0.2, 0.25) is 0 Å². The summed E-state index contributed by atoms with van der Waals surface area (Å²) in [5, 5.41) is 6.31. The molecule has 0 aliphatic heterocycles. The Hall–Kier alpha value is -1.84. The van der Waals surface area contributed by atoms with Gasteiger partial charge in [0.2, 0.25) is 0 Å². The zero-order chi connectivity index (χ0) is 9.26. The Morgan fingerprint density at radius 1 is 1.69 bits per heavy atom. The van der Waals surface area contributed by atoms with E-state index in [0.29, 0.717) is 12.1 Å². The SMILES string of the molecule is C=CCc1cccn2c(=O)[nH]nc12. The number of H-pyrrole nitrogens is 1. The van der Waals surface area contributed by atoms with Crippen molar-refractivity contribution in [3.8, 4) is 0 Å². The predicted molar refractivity (Wildman–Crippen MR) is 49.7 cm³/mol. The fraction of sp³-hybridized carbons (Fsp3) is 0.111. The lowest BCUT2D eigenvalue weighted by Crippen LogP contribution is -2.08. The van der Waals surface area contributed by atoms with Crippen molar-refractivity contribution in [3.05, 3.63) is 47.0 Å². The number of rotatable bonds is 2. The Morgan fingerprint density at radius 2 is 2.54 bits per heavy atom. The molecule has 2 aromatic rings. The highest BCUT2D eigenvalue weighted by Crippen LogP contribution is 2.06. The van der Waals surface area contributed by atoms with E-state index in [1.54, 1.807) is 12.3 Å². The summed E-state index contributed by atoms with van der Waals surface area (Å²) in [6.07, 6.45) is 4.19. The summed E-state index contributed by atoms with van der Waals surface area (Å²) in [7, 11) is 0. The van der Waals surface area contributed by atoms with Crippen LogP contribution in [-0.2, 0) is 6.42 Å². The quantitative estimate of drug-likeness (QED) is 0.685. The molecule has 1 N–H and O–H groups in total. The van der Waals surface area contributed by atoms with Gasteiger partial charge in [-0.3, -0.25) is 4.40 Å². The molecular formula is C9H9N3O. The largest absolute Gasteiger partial charge is 0.347 e. The molecule has 2 aromatic heterocycles. The zero-order valence-corrected chi connectivity index (χ0v) is 7.03. The molecule has 66 valence electrons. The molecular weight excluding hydrogens is 166 g/mol. The molecule has 4 heteroatoms. The minimum absolute atomic E-state index is 0.207. The molecule has 0 aromatic carbocycles. The highest BCUT2D eigenvalue weighted by molar-refractivity contribution is 5.46. The molecule has 0 unspecified atom stereocenters. The fourth-order valence-corrected chi connectivity index (χ4v) is 1.30. The maximum absolute atomic E-state index is 11.2. The molecule has 0 saturated heterocycles. The first-order chi connectivity index (χ1) is 6.33. The van der Waals surface area contributed by atoms with E-state index in [9.17, 15) is 4.79 Å². The van der Waals surface area contributed by atoms with Crippen molar-refractivity contribution in [2.24, 2.45) is 0 Å². The Bertz CT molecular complexity index is 495. The third-order valence-corrected chi connectivity index (χ3v) is 1.89. The Balaban J connectivity index is 2.76. The molecule has 0 spiro atoms. The molecule has 0 bridgehead atoms. The lowest BCUT2D eigenvalue weighted by atomic mass is 10.2. The van der Waals surface area contributed by atoms with Crippen LogP contribution in [0.15, 0.2) is 35.8 Å². The first-order valence-corrected chi connectivity index (χ1v) is 3.98. The third kappa shape index (κ3) is 1.16. The van der Waals surface area contributed by atoms with Gasteiger partial charge in [-0.1, -0.05) is 12.1 Å². The van der Waals surface area contributed by atoms with Crippen LogP contribution in [0, 0.1) is 0 Å². The first-order valence-electron chi connectivity index (χ1n) is 3.98. The van der Waals surface area contributed by atoms with Gasteiger partial charge in [-0.15, -0.1) is 6.58 Å². The number of allylic oxidation sites excluding steroid dienone is 1. The average Bonchev–Trinajstić information content (AvgIpc) is 2.50. The van der Waals surface area contributed by atoms with Gasteiger partial charge in [0.1, 0.15) is 0 Å². The van der Waals surface area contributed by atoms with E-state index in [4.69, 9.17) is 0 Å². The van der Waals surface area contributed by atoms with Gasteiger partial charge in [-0.05, 0) is 12.5 Å². The van der Waals surface area contributed by atoms with Crippen LogP contribution in [0.5, 0.6) is 0 Å². The number of nitrogens with zero attached hydrogens (tertiary/aromatic N) is 2. The first kappa shape index (κ1) is 7.79. The highest BCUT2D eigenvalue weighted by Gasteiger charge is 2.02. The van der Waals surface area contributed by atoms with Gasteiger partial charge in [-0.25, -0.2) is 9.89 Å². The van der Waals surface area contributed by atoms with Crippen molar-refractivity contribution < 1.29 is 0 Å². The normalized spacial score (nSPS) is 10.5. The summed E-state index contributed by atoms with van der Waals surface area (Å²) in [5.41, 5.74) is 1.46. The van der Waals surface area contributed by atoms with Gasteiger partial charge in [0.25, 0.3) is 0 Å². The molecule has 4 nitrogen and oxygen atoms in total. The van der Waals surface area contributed by atoms with Crippen LogP contribution in [0.1, 0.15) is 5.56 Å². The van der Waals surface area contributed by atoms with Gasteiger partial charge < -0.3 is 0 Å². The Morgan fingerprint density at radius 3 is 3.31 bits per heavy atom. The van der Waals surface area contributed by atoms with Crippen LogP contribution in [0.4, 0.5) is 0 Å². The second-order valence-electron chi connectivity index (χ2n) is 2.75. The maximum Gasteiger partial charge on any atom is 0.347 e. The van der Waals surface area contributed by atoms with Crippen LogP contribution < -0.4 is 5.69 Å². The molecule has 0 saturated carbocycles. The van der Waals surface area contributed by atoms with Crippen LogP contribution >= 0.6 is 0 Å². The van der Waals surface area contributed by atoms with Gasteiger partial charge in [-0.2, -0.15) is 5.10 Å². The predicted octanol–water partition coefficient (Wildman–Crippen LogP) is 0.751. The molecule has 2 heterocycles. The number of aromatic nitrogens is 3. The fourth-order valence-electron chi connectivity index (χ4n) is 1.30. The zero-order valence-electron chi connectivity index (χ0n) is 7.03. The van der Waals surface area contributed by atoms with E-state index in [1.807, 2.05) is 12.1 Å². The summed E-state index contributed by atoms with van der Waals surface area (Å²) in [5.74, 6) is 0. The van der Waals surface area contributed by atoms with E-state index in [2.05, 4.69) is 16.8 Å². The van der Waals surface area contributed by atoms with Crippen LogP contribution in [-0.4, -0.2) is 14.6 Å².